The van der Waals surface area contributed by atoms with E-state index in [2.05, 4.69) is 20.8 Å². The maximum absolute atomic E-state index is 13.9. The highest BCUT2D eigenvalue weighted by molar-refractivity contribution is 6.31. The fraction of sp³-hybridized carbons (Fsp3) is 0.316. The van der Waals surface area contributed by atoms with Crippen molar-refractivity contribution < 1.29 is 13.9 Å². The highest BCUT2D eigenvalue weighted by Gasteiger charge is 2.12. The van der Waals surface area contributed by atoms with E-state index in [1.54, 1.807) is 22.9 Å². The van der Waals surface area contributed by atoms with Gasteiger partial charge in [0.15, 0.2) is 11.5 Å². The molecule has 3 aromatic rings. The van der Waals surface area contributed by atoms with Crippen LogP contribution in [-0.4, -0.2) is 26.8 Å². The first-order valence-corrected chi connectivity index (χ1v) is 9.31. The number of aromatic nitrogens is 4. The number of nitrogens with zero attached hydrogens (tertiary/aromatic N) is 4. The summed E-state index contributed by atoms with van der Waals surface area (Å²) >= 11 is 6.06. The van der Waals surface area contributed by atoms with Crippen LogP contribution < -0.4 is 14.8 Å². The first kappa shape index (κ1) is 19.9. The van der Waals surface area contributed by atoms with Crippen LogP contribution in [0.4, 0.5) is 10.3 Å². The van der Waals surface area contributed by atoms with E-state index in [0.717, 1.165) is 5.56 Å². The molecule has 0 atom stereocenters. The van der Waals surface area contributed by atoms with E-state index in [-0.39, 0.29) is 6.61 Å². The molecular weight excluding hydrogens is 385 g/mol. The molecule has 0 radical (unpaired) electrons. The summed E-state index contributed by atoms with van der Waals surface area (Å²) in [6, 6.07) is 10.1. The third-order valence-corrected chi connectivity index (χ3v) is 4.38. The molecule has 1 aromatic heterocycles. The third kappa shape index (κ3) is 4.69. The van der Waals surface area contributed by atoms with Gasteiger partial charge in [-0.2, -0.15) is 0 Å². The average molecular weight is 406 g/mol. The van der Waals surface area contributed by atoms with E-state index in [0.29, 0.717) is 47.7 Å². The van der Waals surface area contributed by atoms with E-state index in [1.165, 1.54) is 6.07 Å². The van der Waals surface area contributed by atoms with Crippen LogP contribution in [0.1, 0.15) is 25.0 Å². The lowest BCUT2D eigenvalue weighted by Crippen LogP contribution is -2.08. The molecule has 148 valence electrons. The van der Waals surface area contributed by atoms with Crippen molar-refractivity contribution in [3.8, 4) is 11.5 Å². The highest BCUT2D eigenvalue weighted by atomic mass is 35.5. The average Bonchev–Trinajstić information content (AvgIpc) is 3.15. The molecule has 0 fully saturated rings. The Morgan fingerprint density at radius 1 is 1.14 bits per heavy atom. The fourth-order valence-electron chi connectivity index (χ4n) is 2.60. The van der Waals surface area contributed by atoms with Gasteiger partial charge in [-0.1, -0.05) is 28.8 Å². The quantitative estimate of drug-likeness (QED) is 0.578. The van der Waals surface area contributed by atoms with Crippen LogP contribution in [0, 0.1) is 5.82 Å². The van der Waals surface area contributed by atoms with Crippen LogP contribution in [0.15, 0.2) is 36.4 Å². The number of rotatable bonds is 9. The normalized spacial score (nSPS) is 10.7. The second-order valence-corrected chi connectivity index (χ2v) is 6.28. The fourth-order valence-corrected chi connectivity index (χ4v) is 2.81. The summed E-state index contributed by atoms with van der Waals surface area (Å²) in [7, 11) is 0. The molecule has 0 unspecified atom stereocenters. The molecule has 3 rings (SSSR count). The zero-order chi connectivity index (χ0) is 19.9. The number of hydrogen-bond donors (Lipinski definition) is 1. The Kier molecular flexibility index (Phi) is 6.65. The number of hydrogen-bond acceptors (Lipinski definition) is 6. The van der Waals surface area contributed by atoms with Crippen LogP contribution in [0.2, 0.25) is 5.02 Å². The largest absolute Gasteiger partial charge is 0.490 e. The number of anilines is 1. The van der Waals surface area contributed by atoms with Gasteiger partial charge in [-0.25, -0.2) is 9.07 Å². The van der Waals surface area contributed by atoms with E-state index >= 15 is 0 Å². The molecule has 9 heteroatoms. The predicted octanol–water partition coefficient (Wildman–Crippen LogP) is 4.08. The lowest BCUT2D eigenvalue weighted by atomic mass is 10.2. The molecule has 7 nitrogen and oxygen atoms in total. The van der Waals surface area contributed by atoms with Crippen molar-refractivity contribution in [1.82, 2.24) is 20.2 Å². The van der Waals surface area contributed by atoms with E-state index in [1.807, 2.05) is 26.0 Å². The molecular formula is C19H21ClFN5O2. The zero-order valence-electron chi connectivity index (χ0n) is 15.7. The Balaban J connectivity index is 1.71. The zero-order valence-corrected chi connectivity index (χ0v) is 16.4. The minimum atomic E-state index is -0.403. The van der Waals surface area contributed by atoms with E-state index in [9.17, 15) is 4.39 Å². The standard InChI is InChI=1S/C19H21ClFN5O2/c1-3-26-19(23-24-25-26)22-11-13-8-9-17(18(10-13)27-4-2)28-12-14-15(20)6-5-7-16(14)21/h5-10H,3-4,11-12H2,1-2H3,(H,22,23,25). The summed E-state index contributed by atoms with van der Waals surface area (Å²) in [5, 5.41) is 15.0. The van der Waals surface area contributed by atoms with Gasteiger partial charge in [-0.3, -0.25) is 0 Å². The molecule has 0 aliphatic rings. The molecule has 0 aliphatic heterocycles. The molecule has 0 aliphatic carbocycles. The molecule has 0 saturated heterocycles. The van der Waals surface area contributed by atoms with Gasteiger partial charge in [-0.15, -0.1) is 0 Å². The van der Waals surface area contributed by atoms with Gasteiger partial charge >= 0.3 is 0 Å². The lowest BCUT2D eigenvalue weighted by molar-refractivity contribution is 0.265. The Labute approximate surface area is 167 Å². The number of halogens is 2. The van der Waals surface area contributed by atoms with Gasteiger partial charge < -0.3 is 14.8 Å². The second kappa shape index (κ2) is 9.36. The molecule has 0 spiro atoms. The van der Waals surface area contributed by atoms with Gasteiger partial charge in [0.05, 0.1) is 11.6 Å². The Bertz CT molecular complexity index is 914. The maximum Gasteiger partial charge on any atom is 0.243 e. The van der Waals surface area contributed by atoms with Gasteiger partial charge in [0, 0.05) is 18.7 Å². The number of benzene rings is 2. The second-order valence-electron chi connectivity index (χ2n) is 5.87. The Morgan fingerprint density at radius 3 is 2.75 bits per heavy atom. The molecule has 28 heavy (non-hydrogen) atoms. The summed E-state index contributed by atoms with van der Waals surface area (Å²) in [6.45, 7) is 5.52. The number of tetrazole rings is 1. The molecule has 1 N–H and O–H groups in total. The topological polar surface area (TPSA) is 74.1 Å². The monoisotopic (exact) mass is 405 g/mol. The minimum absolute atomic E-state index is 0.00838. The van der Waals surface area contributed by atoms with Gasteiger partial charge in [0.2, 0.25) is 5.95 Å². The first-order valence-electron chi connectivity index (χ1n) is 8.93. The molecule has 0 saturated carbocycles. The van der Waals surface area contributed by atoms with Crippen molar-refractivity contribution >= 4 is 17.5 Å². The SMILES string of the molecule is CCOc1cc(CNc2nnnn2CC)ccc1OCc1c(F)cccc1Cl. The van der Waals surface area contributed by atoms with Crippen LogP contribution in [0.3, 0.4) is 0 Å². The van der Waals surface area contributed by atoms with Crippen molar-refractivity contribution in [2.75, 3.05) is 11.9 Å². The van der Waals surface area contributed by atoms with Gasteiger partial charge in [-0.05, 0) is 54.1 Å². The van der Waals surface area contributed by atoms with Crippen LogP contribution in [0.5, 0.6) is 11.5 Å². The highest BCUT2D eigenvalue weighted by Crippen LogP contribution is 2.30. The maximum atomic E-state index is 13.9. The summed E-state index contributed by atoms with van der Waals surface area (Å²) in [6.07, 6.45) is 0. The van der Waals surface area contributed by atoms with Crippen molar-refractivity contribution in [3.63, 3.8) is 0 Å². The van der Waals surface area contributed by atoms with Crippen molar-refractivity contribution in [2.45, 2.75) is 33.5 Å². The summed E-state index contributed by atoms with van der Waals surface area (Å²) in [5.74, 6) is 1.28. The summed E-state index contributed by atoms with van der Waals surface area (Å²) in [4.78, 5) is 0. The van der Waals surface area contributed by atoms with Crippen LogP contribution in [0.25, 0.3) is 0 Å². The first-order chi connectivity index (χ1) is 13.6. The number of nitrogens with one attached hydrogen (secondary N) is 1. The Morgan fingerprint density at radius 2 is 2.00 bits per heavy atom. The van der Waals surface area contributed by atoms with Crippen molar-refractivity contribution in [2.24, 2.45) is 0 Å². The molecule has 0 amide bonds. The smallest absolute Gasteiger partial charge is 0.243 e. The van der Waals surface area contributed by atoms with E-state index < -0.39 is 5.82 Å². The molecule has 2 aromatic carbocycles. The predicted molar refractivity (Wildman–Crippen MR) is 104 cm³/mol. The van der Waals surface area contributed by atoms with Crippen molar-refractivity contribution in [1.29, 1.82) is 0 Å². The molecule has 0 bridgehead atoms. The Hall–Kier alpha value is -2.87. The van der Waals surface area contributed by atoms with Crippen LogP contribution >= 0.6 is 11.6 Å². The molecule has 1 heterocycles. The van der Waals surface area contributed by atoms with Gasteiger partial charge in [0.1, 0.15) is 12.4 Å². The number of ether oxygens (including phenoxy) is 2. The van der Waals surface area contributed by atoms with Crippen LogP contribution in [-0.2, 0) is 19.7 Å². The summed E-state index contributed by atoms with van der Waals surface area (Å²) < 4.78 is 27.1. The van der Waals surface area contributed by atoms with Gasteiger partial charge in [0.25, 0.3) is 0 Å². The number of aryl methyl sites for hydroxylation is 1. The lowest BCUT2D eigenvalue weighted by Gasteiger charge is -2.14. The summed E-state index contributed by atoms with van der Waals surface area (Å²) in [5.41, 5.74) is 1.27. The van der Waals surface area contributed by atoms with Crippen molar-refractivity contribution in [3.05, 3.63) is 58.4 Å². The van der Waals surface area contributed by atoms with E-state index in [4.69, 9.17) is 21.1 Å². The minimum Gasteiger partial charge on any atom is -0.490 e. The third-order valence-electron chi connectivity index (χ3n) is 4.02.